The highest BCUT2D eigenvalue weighted by molar-refractivity contribution is 6.34. The minimum Gasteiger partial charge on any atom is -0.478 e. The van der Waals surface area contributed by atoms with Crippen molar-refractivity contribution in [1.29, 1.82) is 0 Å². The molecule has 3 fully saturated rings. The molecule has 0 bridgehead atoms. The number of benzene rings is 2. The highest BCUT2D eigenvalue weighted by Gasteiger charge is 2.65. The van der Waals surface area contributed by atoms with Crippen LogP contribution in [0.4, 0.5) is 17.6 Å². The van der Waals surface area contributed by atoms with Gasteiger partial charge < -0.3 is 10.8 Å². The highest BCUT2D eigenvalue weighted by atomic mass is 35.5. The molecule has 6 nitrogen and oxygen atoms in total. The van der Waals surface area contributed by atoms with Gasteiger partial charge in [0.15, 0.2) is 0 Å². The zero-order valence-electron chi connectivity index (χ0n) is 20.8. The highest BCUT2D eigenvalue weighted by Crippen LogP contribution is 2.60. The molecular formula is C28H26ClF4N3O3. The maximum Gasteiger partial charge on any atom is 0.398 e. The first-order chi connectivity index (χ1) is 18.4. The van der Waals surface area contributed by atoms with Crippen LogP contribution in [0.3, 0.4) is 0 Å². The summed E-state index contributed by atoms with van der Waals surface area (Å²) in [4.78, 5) is 31.1. The van der Waals surface area contributed by atoms with E-state index in [1.807, 2.05) is 0 Å². The molecule has 11 heteroatoms. The minimum absolute atomic E-state index is 0.00426. The quantitative estimate of drug-likeness (QED) is 0.431. The number of amides is 1. The zero-order valence-corrected chi connectivity index (χ0v) is 21.6. The molecule has 2 saturated carbocycles. The maximum atomic E-state index is 14.9. The molecule has 5 rings (SSSR count). The van der Waals surface area contributed by atoms with Crippen molar-refractivity contribution in [2.24, 2.45) is 16.6 Å². The molecule has 206 valence electrons. The van der Waals surface area contributed by atoms with Crippen LogP contribution in [-0.2, 0) is 5.41 Å². The number of carbonyl (C=O) groups is 2. The first-order valence-electron chi connectivity index (χ1n) is 12.6. The van der Waals surface area contributed by atoms with Crippen molar-refractivity contribution in [1.82, 2.24) is 4.90 Å². The van der Waals surface area contributed by atoms with Gasteiger partial charge in [0.1, 0.15) is 5.82 Å². The third-order valence-corrected chi connectivity index (χ3v) is 8.03. The third-order valence-electron chi connectivity index (χ3n) is 7.72. The van der Waals surface area contributed by atoms with Gasteiger partial charge in [0.05, 0.1) is 27.3 Å². The third kappa shape index (κ3) is 5.32. The van der Waals surface area contributed by atoms with E-state index in [2.05, 4.69) is 9.89 Å². The summed E-state index contributed by atoms with van der Waals surface area (Å²) in [5, 5.41) is 9.02. The first kappa shape index (κ1) is 27.3. The molecule has 1 saturated heterocycles. The Kier molecular flexibility index (Phi) is 7.05. The largest absolute Gasteiger partial charge is 0.478 e. The number of aromatic carboxylic acids is 1. The number of carboxylic acids is 1. The Labute approximate surface area is 227 Å². The van der Waals surface area contributed by atoms with E-state index in [4.69, 9.17) is 22.4 Å². The van der Waals surface area contributed by atoms with Gasteiger partial charge in [-0.1, -0.05) is 23.7 Å². The second kappa shape index (κ2) is 10.1. The smallest absolute Gasteiger partial charge is 0.398 e. The summed E-state index contributed by atoms with van der Waals surface area (Å²) in [6, 6.07) is 7.35. The van der Waals surface area contributed by atoms with E-state index in [9.17, 15) is 27.2 Å². The summed E-state index contributed by atoms with van der Waals surface area (Å²) in [7, 11) is 0. The summed E-state index contributed by atoms with van der Waals surface area (Å²) in [6.45, 7) is 1.55. The molecule has 0 atom stereocenters. The zero-order chi connectivity index (χ0) is 28.1. The fourth-order valence-electron chi connectivity index (χ4n) is 5.19. The van der Waals surface area contributed by atoms with Crippen molar-refractivity contribution in [3.8, 4) is 0 Å². The number of nitrogens with zero attached hydrogens (tertiary/aromatic N) is 2. The van der Waals surface area contributed by atoms with Gasteiger partial charge in [-0.05, 0) is 73.4 Å². The lowest BCUT2D eigenvalue weighted by Crippen LogP contribution is -2.39. The topological polar surface area (TPSA) is 96.0 Å². The lowest BCUT2D eigenvalue weighted by atomic mass is 9.90. The molecule has 3 aliphatic rings. The predicted octanol–water partition coefficient (Wildman–Crippen LogP) is 5.84. The number of carboxylic acid groups (broad SMARTS) is 1. The Hall–Kier alpha value is -3.24. The Morgan fingerprint density at radius 2 is 1.90 bits per heavy atom. The number of halogens is 5. The van der Waals surface area contributed by atoms with Crippen LogP contribution < -0.4 is 5.73 Å². The number of likely N-dealkylation sites (tertiary alicyclic amines) is 1. The molecule has 1 aliphatic heterocycles. The van der Waals surface area contributed by atoms with Crippen LogP contribution in [0.15, 0.2) is 47.0 Å². The van der Waals surface area contributed by atoms with Gasteiger partial charge in [0, 0.05) is 30.9 Å². The molecule has 1 amide bonds. The van der Waals surface area contributed by atoms with Crippen LogP contribution >= 0.6 is 11.6 Å². The molecule has 0 radical (unpaired) electrons. The van der Waals surface area contributed by atoms with E-state index in [0.717, 1.165) is 25.5 Å². The Bertz CT molecular complexity index is 1410. The number of hydrogen-bond donors (Lipinski definition) is 2. The molecule has 0 aromatic heterocycles. The molecule has 2 aromatic rings. The second-order valence-electron chi connectivity index (χ2n) is 10.4. The van der Waals surface area contributed by atoms with Gasteiger partial charge in [-0.15, -0.1) is 0 Å². The molecule has 3 N–H and O–H groups in total. The molecule has 39 heavy (non-hydrogen) atoms. The second-order valence-corrected chi connectivity index (χ2v) is 10.8. The van der Waals surface area contributed by atoms with Crippen LogP contribution in [0.25, 0.3) is 5.70 Å². The fraction of sp³-hybridized carbons (Fsp3) is 0.393. The average Bonchev–Trinajstić information content (AvgIpc) is 3.78. The molecule has 2 aliphatic carbocycles. The molecule has 2 aromatic carbocycles. The van der Waals surface area contributed by atoms with Crippen molar-refractivity contribution >= 4 is 34.9 Å². The number of piperidine rings is 1. The average molecular weight is 564 g/mol. The van der Waals surface area contributed by atoms with E-state index >= 15 is 0 Å². The van der Waals surface area contributed by atoms with E-state index in [0.29, 0.717) is 24.5 Å². The van der Waals surface area contributed by atoms with Crippen LogP contribution in [0.5, 0.6) is 0 Å². The van der Waals surface area contributed by atoms with E-state index in [1.165, 1.54) is 30.3 Å². The van der Waals surface area contributed by atoms with E-state index in [-0.39, 0.29) is 58.1 Å². The number of alkyl halides is 3. The van der Waals surface area contributed by atoms with Gasteiger partial charge in [0.25, 0.3) is 5.91 Å². The Balaban J connectivity index is 1.57. The molecular weight excluding hydrogens is 538 g/mol. The van der Waals surface area contributed by atoms with Crippen molar-refractivity contribution in [3.05, 3.63) is 75.1 Å². The summed E-state index contributed by atoms with van der Waals surface area (Å²) in [5.74, 6) is -2.53. The van der Waals surface area contributed by atoms with Crippen molar-refractivity contribution in [2.45, 2.75) is 43.7 Å². The van der Waals surface area contributed by atoms with Gasteiger partial charge >= 0.3 is 12.1 Å². The normalized spacial score (nSPS) is 21.6. The van der Waals surface area contributed by atoms with E-state index < -0.39 is 29.3 Å². The standard InChI is InChI=1S/C28H26ClF4N3O3/c29-20-3-1-2-19(27(9-10-27)28(31,32)33)23(20)25(37)35-22-14-36(13-15-4-5-15)11-8-18(22)24(34)17-7-6-16(26(38)39)12-21(17)30/h1-3,6-7,12,15H,4-5,8-11,13-14,34H2,(H,38,39). The van der Waals surface area contributed by atoms with Crippen LogP contribution in [-0.4, -0.2) is 53.4 Å². The number of aliphatic imine (C=N–C) groups is 1. The monoisotopic (exact) mass is 563 g/mol. The SMILES string of the molecule is NC(=C1CCN(CC2CC2)CC1=NC(=O)c1c(Cl)cccc1C1(C(F)(F)F)CC1)c1ccc(C(=O)O)cc1F. The maximum absolute atomic E-state index is 14.9. The first-order valence-corrected chi connectivity index (χ1v) is 13.0. The van der Waals surface area contributed by atoms with E-state index in [1.54, 1.807) is 0 Å². The summed E-state index contributed by atoms with van der Waals surface area (Å²) < 4.78 is 56.8. The van der Waals surface area contributed by atoms with Crippen LogP contribution in [0, 0.1) is 11.7 Å². The molecule has 1 heterocycles. The van der Waals surface area contributed by atoms with Crippen molar-refractivity contribution in [2.75, 3.05) is 19.6 Å². The van der Waals surface area contributed by atoms with Crippen molar-refractivity contribution < 1.29 is 32.3 Å². The van der Waals surface area contributed by atoms with Crippen LogP contribution in [0.2, 0.25) is 5.02 Å². The summed E-state index contributed by atoms with van der Waals surface area (Å²) >= 11 is 6.29. The summed E-state index contributed by atoms with van der Waals surface area (Å²) in [5.41, 5.74) is 4.06. The number of hydrogen-bond acceptors (Lipinski definition) is 4. The fourth-order valence-corrected chi connectivity index (χ4v) is 5.45. The van der Waals surface area contributed by atoms with Crippen LogP contribution in [0.1, 0.15) is 63.9 Å². The predicted molar refractivity (Wildman–Crippen MR) is 138 cm³/mol. The van der Waals surface area contributed by atoms with Gasteiger partial charge in [-0.3, -0.25) is 9.69 Å². The number of rotatable bonds is 6. The lowest BCUT2D eigenvalue weighted by Gasteiger charge is -2.30. The Morgan fingerprint density at radius 3 is 2.49 bits per heavy atom. The van der Waals surface area contributed by atoms with Gasteiger partial charge in [-0.25, -0.2) is 14.2 Å². The molecule has 0 spiro atoms. The van der Waals surface area contributed by atoms with Gasteiger partial charge in [-0.2, -0.15) is 13.2 Å². The number of carbonyl (C=O) groups excluding carboxylic acids is 1. The Morgan fingerprint density at radius 1 is 1.18 bits per heavy atom. The van der Waals surface area contributed by atoms with Crippen molar-refractivity contribution in [3.63, 3.8) is 0 Å². The number of nitrogens with two attached hydrogens (primary N) is 1. The summed E-state index contributed by atoms with van der Waals surface area (Å²) in [6.07, 6.45) is -2.33. The molecule has 0 unspecified atom stereocenters. The lowest BCUT2D eigenvalue weighted by molar-refractivity contribution is -0.160. The minimum atomic E-state index is -4.55. The van der Waals surface area contributed by atoms with Gasteiger partial charge in [0.2, 0.25) is 0 Å².